The summed E-state index contributed by atoms with van der Waals surface area (Å²) in [6, 6.07) is 17.3. The lowest BCUT2D eigenvalue weighted by Gasteiger charge is -2.15. The minimum atomic E-state index is -4.54. The molecular weight excluding hydrogens is 608 g/mol. The van der Waals surface area contributed by atoms with Gasteiger partial charge >= 0.3 is 6.18 Å². The monoisotopic (exact) mass is 634 g/mol. The molecule has 1 aliphatic rings. The number of rotatable bonds is 9. The van der Waals surface area contributed by atoms with Gasteiger partial charge in [0.15, 0.2) is 11.5 Å². The second kappa shape index (κ2) is 12.0. The summed E-state index contributed by atoms with van der Waals surface area (Å²) in [4.78, 5) is 13.6. The van der Waals surface area contributed by atoms with Crippen LogP contribution in [0.25, 0.3) is 6.08 Å². The van der Waals surface area contributed by atoms with E-state index in [0.717, 1.165) is 33.6 Å². The molecule has 0 aliphatic carbocycles. The summed E-state index contributed by atoms with van der Waals surface area (Å²) in [5.74, 6) is 0.670. The van der Waals surface area contributed by atoms with Crippen LogP contribution in [0.2, 0.25) is 0 Å². The molecule has 0 saturated heterocycles. The molecule has 1 aliphatic heterocycles. The van der Waals surface area contributed by atoms with Crippen molar-refractivity contribution in [2.45, 2.75) is 32.9 Å². The standard InChI is InChI=1S/C29H26F3IN2O3/c1-3-5-14-38-27-24(33)16-19(17-25(27)37-4-2)15-23-26(20-10-7-6-8-11-20)34-35(28(23)36)22-13-9-12-21(18-22)29(30,31)32/h6-13,15-18H,3-5,14H2,1-2H3/b23-15+. The Hall–Kier alpha value is -3.34. The van der Waals surface area contributed by atoms with Gasteiger partial charge in [-0.2, -0.15) is 23.3 Å². The van der Waals surface area contributed by atoms with Gasteiger partial charge in [0.2, 0.25) is 0 Å². The maximum Gasteiger partial charge on any atom is 0.416 e. The lowest BCUT2D eigenvalue weighted by Crippen LogP contribution is -2.22. The van der Waals surface area contributed by atoms with Crippen molar-refractivity contribution in [2.24, 2.45) is 5.10 Å². The number of alkyl halides is 3. The number of nitrogens with zero attached hydrogens (tertiary/aromatic N) is 2. The zero-order valence-electron chi connectivity index (χ0n) is 20.9. The summed E-state index contributed by atoms with van der Waals surface area (Å²) in [5.41, 5.74) is 1.15. The van der Waals surface area contributed by atoms with E-state index in [4.69, 9.17) is 9.47 Å². The van der Waals surface area contributed by atoms with Crippen molar-refractivity contribution < 1.29 is 27.4 Å². The predicted molar refractivity (Wildman–Crippen MR) is 151 cm³/mol. The van der Waals surface area contributed by atoms with Gasteiger partial charge in [0.05, 0.1) is 33.6 Å². The maximum absolute atomic E-state index is 13.6. The van der Waals surface area contributed by atoms with Gasteiger partial charge in [-0.05, 0) is 77.9 Å². The first-order valence-corrected chi connectivity index (χ1v) is 13.3. The molecule has 3 aromatic carbocycles. The molecule has 0 saturated carbocycles. The number of benzene rings is 3. The summed E-state index contributed by atoms with van der Waals surface area (Å²) >= 11 is 2.17. The van der Waals surface area contributed by atoms with Gasteiger partial charge in [-0.15, -0.1) is 0 Å². The minimum absolute atomic E-state index is 0.0333. The second-order valence-electron chi connectivity index (χ2n) is 8.50. The molecule has 38 heavy (non-hydrogen) atoms. The zero-order valence-corrected chi connectivity index (χ0v) is 23.0. The summed E-state index contributed by atoms with van der Waals surface area (Å²) in [7, 11) is 0. The first-order chi connectivity index (χ1) is 18.2. The van der Waals surface area contributed by atoms with Gasteiger partial charge in [0.25, 0.3) is 5.91 Å². The van der Waals surface area contributed by atoms with Crippen LogP contribution in [0, 0.1) is 3.57 Å². The highest BCUT2D eigenvalue weighted by Crippen LogP contribution is 2.37. The van der Waals surface area contributed by atoms with E-state index < -0.39 is 17.6 Å². The van der Waals surface area contributed by atoms with Gasteiger partial charge in [0, 0.05) is 5.56 Å². The zero-order chi connectivity index (χ0) is 27.3. The third-order valence-corrected chi connectivity index (χ3v) is 6.53. The van der Waals surface area contributed by atoms with Gasteiger partial charge < -0.3 is 9.47 Å². The number of ether oxygens (including phenoxy) is 2. The van der Waals surface area contributed by atoms with Crippen LogP contribution in [0.1, 0.15) is 43.4 Å². The Morgan fingerprint density at radius 3 is 2.45 bits per heavy atom. The second-order valence-corrected chi connectivity index (χ2v) is 9.66. The van der Waals surface area contributed by atoms with Crippen LogP contribution in [-0.2, 0) is 11.0 Å². The Morgan fingerprint density at radius 1 is 1.00 bits per heavy atom. The van der Waals surface area contributed by atoms with E-state index in [0.29, 0.717) is 41.6 Å². The number of halogens is 4. The number of hydrogen-bond acceptors (Lipinski definition) is 4. The number of carbonyl (C=O) groups is 1. The van der Waals surface area contributed by atoms with Gasteiger partial charge in [0.1, 0.15) is 5.71 Å². The lowest BCUT2D eigenvalue weighted by molar-refractivity contribution is -0.137. The van der Waals surface area contributed by atoms with E-state index in [9.17, 15) is 18.0 Å². The van der Waals surface area contributed by atoms with Crippen LogP contribution in [-0.4, -0.2) is 24.8 Å². The first kappa shape index (κ1) is 27.7. The van der Waals surface area contributed by atoms with Crippen molar-refractivity contribution >= 4 is 46.0 Å². The molecule has 0 atom stereocenters. The van der Waals surface area contributed by atoms with Crippen molar-refractivity contribution in [3.8, 4) is 11.5 Å². The van der Waals surface area contributed by atoms with Crippen molar-refractivity contribution in [3.63, 3.8) is 0 Å². The molecule has 0 fully saturated rings. The van der Waals surface area contributed by atoms with Crippen molar-refractivity contribution in [3.05, 3.63) is 92.6 Å². The van der Waals surface area contributed by atoms with Crippen molar-refractivity contribution in [2.75, 3.05) is 18.2 Å². The average Bonchev–Trinajstić information content (AvgIpc) is 3.21. The topological polar surface area (TPSA) is 51.1 Å². The number of amides is 1. The molecule has 198 valence electrons. The molecule has 0 radical (unpaired) electrons. The molecule has 0 aromatic heterocycles. The van der Waals surface area contributed by atoms with Gasteiger partial charge in [-0.3, -0.25) is 4.79 Å². The quantitative estimate of drug-likeness (QED) is 0.138. The molecule has 0 spiro atoms. The maximum atomic E-state index is 13.6. The predicted octanol–water partition coefficient (Wildman–Crippen LogP) is 7.72. The number of hydrogen-bond donors (Lipinski definition) is 0. The van der Waals surface area contributed by atoms with Gasteiger partial charge in [-0.25, -0.2) is 0 Å². The van der Waals surface area contributed by atoms with Crippen LogP contribution >= 0.6 is 22.6 Å². The highest BCUT2D eigenvalue weighted by molar-refractivity contribution is 14.1. The molecule has 1 amide bonds. The number of anilines is 1. The lowest BCUT2D eigenvalue weighted by atomic mass is 10.00. The van der Waals surface area contributed by atoms with E-state index in [1.165, 1.54) is 12.1 Å². The molecule has 1 heterocycles. The highest BCUT2D eigenvalue weighted by atomic mass is 127. The van der Waals surface area contributed by atoms with Crippen LogP contribution in [0.15, 0.2) is 77.4 Å². The Kier molecular flexibility index (Phi) is 8.76. The van der Waals surface area contributed by atoms with Crippen molar-refractivity contribution in [1.82, 2.24) is 0 Å². The van der Waals surface area contributed by atoms with Crippen LogP contribution < -0.4 is 14.5 Å². The van der Waals surface area contributed by atoms with E-state index in [-0.39, 0.29) is 11.3 Å². The fraction of sp³-hybridized carbons (Fsp3) is 0.241. The van der Waals surface area contributed by atoms with Crippen molar-refractivity contribution in [1.29, 1.82) is 0 Å². The van der Waals surface area contributed by atoms with Gasteiger partial charge in [-0.1, -0.05) is 49.7 Å². The summed E-state index contributed by atoms with van der Waals surface area (Å²) in [6.45, 7) is 4.95. The first-order valence-electron chi connectivity index (χ1n) is 12.2. The average molecular weight is 634 g/mol. The Labute approximate surface area is 233 Å². The molecule has 0 bridgehead atoms. The fourth-order valence-corrected chi connectivity index (χ4v) is 4.68. The van der Waals surface area contributed by atoms with Crippen LogP contribution in [0.5, 0.6) is 11.5 Å². The smallest absolute Gasteiger partial charge is 0.416 e. The van der Waals surface area contributed by atoms with E-state index in [1.54, 1.807) is 24.3 Å². The van der Waals surface area contributed by atoms with E-state index >= 15 is 0 Å². The number of hydrazone groups is 1. The molecule has 0 unspecified atom stereocenters. The summed E-state index contributed by atoms with van der Waals surface area (Å²) in [5, 5.41) is 5.48. The third-order valence-electron chi connectivity index (χ3n) is 5.73. The van der Waals surface area contributed by atoms with Crippen LogP contribution in [0.4, 0.5) is 18.9 Å². The third kappa shape index (κ3) is 6.20. The Balaban J connectivity index is 1.79. The minimum Gasteiger partial charge on any atom is -0.490 e. The Bertz CT molecular complexity index is 1370. The summed E-state index contributed by atoms with van der Waals surface area (Å²) in [6.07, 6.45) is -0.958. The molecule has 5 nitrogen and oxygen atoms in total. The summed E-state index contributed by atoms with van der Waals surface area (Å²) < 4.78 is 52.7. The van der Waals surface area contributed by atoms with E-state index in [2.05, 4.69) is 34.6 Å². The van der Waals surface area contributed by atoms with Crippen LogP contribution in [0.3, 0.4) is 0 Å². The molecular formula is C29H26F3IN2O3. The number of carbonyl (C=O) groups excluding carboxylic acids is 1. The highest BCUT2D eigenvalue weighted by Gasteiger charge is 2.35. The van der Waals surface area contributed by atoms with E-state index in [1.807, 2.05) is 31.2 Å². The number of unbranched alkanes of at least 4 members (excludes halogenated alkanes) is 1. The SMILES string of the molecule is CCCCOc1c(I)cc(/C=C2/C(=O)N(c3cccc(C(F)(F)F)c3)N=C2c2ccccc2)cc1OCC. The molecule has 9 heteroatoms. The largest absolute Gasteiger partial charge is 0.490 e. The molecule has 3 aromatic rings. The molecule has 0 N–H and O–H groups in total. The molecule has 4 rings (SSSR count). The Morgan fingerprint density at radius 2 is 1.76 bits per heavy atom. The fourth-order valence-electron chi connectivity index (χ4n) is 3.90. The normalized spacial score (nSPS) is 14.7.